The number of nitrogens with one attached hydrogen (secondary N) is 1. The SMILES string of the molecule is CC(C)(C)OC(=O)N1CC(ONC(=O)[C@@H]2CCC3CN2C(=O)N3OS(=O)(=O)O)CN1C(=O)OC(C)(C)C. The van der Waals surface area contributed by atoms with Gasteiger partial charge in [0.05, 0.1) is 19.1 Å². The van der Waals surface area contributed by atoms with Crippen molar-refractivity contribution < 1.29 is 50.7 Å². The molecule has 37 heavy (non-hydrogen) atoms. The molecular weight excluding hydrogens is 518 g/mol. The molecule has 2 atom stereocenters. The van der Waals surface area contributed by atoms with Crippen LogP contribution in [0.1, 0.15) is 54.4 Å². The Hall–Kier alpha value is -2.89. The first-order chi connectivity index (χ1) is 16.8. The number of hydrogen-bond acceptors (Lipinski definition) is 10. The van der Waals surface area contributed by atoms with Crippen molar-refractivity contribution in [2.75, 3.05) is 19.6 Å². The van der Waals surface area contributed by atoms with Crippen molar-refractivity contribution in [3.8, 4) is 0 Å². The molecule has 2 bridgehead atoms. The summed E-state index contributed by atoms with van der Waals surface area (Å²) in [6.07, 6.45) is -2.06. The van der Waals surface area contributed by atoms with Gasteiger partial charge in [-0.25, -0.2) is 29.9 Å². The molecule has 0 spiro atoms. The molecule has 3 aliphatic heterocycles. The van der Waals surface area contributed by atoms with Crippen LogP contribution in [0.25, 0.3) is 0 Å². The lowest BCUT2D eigenvalue weighted by Gasteiger charge is -2.31. The van der Waals surface area contributed by atoms with Gasteiger partial charge < -0.3 is 14.4 Å². The zero-order valence-corrected chi connectivity index (χ0v) is 22.3. The van der Waals surface area contributed by atoms with Crippen molar-refractivity contribution in [3.63, 3.8) is 0 Å². The summed E-state index contributed by atoms with van der Waals surface area (Å²) in [5.41, 5.74) is 0.588. The van der Waals surface area contributed by atoms with Crippen LogP contribution < -0.4 is 5.48 Å². The Morgan fingerprint density at radius 2 is 1.43 bits per heavy atom. The number of fused-ring (bicyclic) bond motifs is 2. The number of rotatable bonds is 5. The third kappa shape index (κ3) is 7.33. The van der Waals surface area contributed by atoms with Gasteiger partial charge in [-0.05, 0) is 54.4 Å². The fourth-order valence-electron chi connectivity index (χ4n) is 4.00. The zero-order chi connectivity index (χ0) is 27.9. The molecular formula is C20H33N5O11S. The molecule has 3 aliphatic rings. The predicted molar refractivity (Wildman–Crippen MR) is 122 cm³/mol. The maximum atomic E-state index is 12.8. The lowest BCUT2D eigenvalue weighted by molar-refractivity contribution is -0.142. The van der Waals surface area contributed by atoms with Gasteiger partial charge in [-0.3, -0.25) is 14.2 Å². The summed E-state index contributed by atoms with van der Waals surface area (Å²) in [5.74, 6) is -0.694. The molecule has 0 aliphatic carbocycles. The number of hydroxylamine groups is 3. The first kappa shape index (κ1) is 28.7. The molecule has 3 rings (SSSR count). The predicted octanol–water partition coefficient (Wildman–Crippen LogP) is 0.809. The van der Waals surface area contributed by atoms with E-state index in [9.17, 15) is 27.6 Å². The number of carbonyl (C=O) groups excluding carboxylic acids is 4. The van der Waals surface area contributed by atoms with Crippen LogP contribution in [-0.4, -0.2) is 106 Å². The van der Waals surface area contributed by atoms with Crippen LogP contribution >= 0.6 is 0 Å². The first-order valence-corrected chi connectivity index (χ1v) is 12.9. The van der Waals surface area contributed by atoms with Crippen LogP contribution in [0.4, 0.5) is 14.4 Å². The Kier molecular flexibility index (Phi) is 7.84. The van der Waals surface area contributed by atoms with E-state index >= 15 is 0 Å². The Labute approximate surface area is 214 Å². The first-order valence-electron chi connectivity index (χ1n) is 11.6. The Morgan fingerprint density at radius 3 is 1.89 bits per heavy atom. The van der Waals surface area contributed by atoms with Crippen LogP contribution in [0.5, 0.6) is 0 Å². The molecule has 0 aromatic rings. The van der Waals surface area contributed by atoms with Crippen LogP contribution in [0.3, 0.4) is 0 Å². The summed E-state index contributed by atoms with van der Waals surface area (Å²) >= 11 is 0. The molecule has 16 nitrogen and oxygen atoms in total. The third-order valence-corrected chi connectivity index (χ3v) is 5.73. The van der Waals surface area contributed by atoms with Gasteiger partial charge in [0.25, 0.3) is 5.91 Å². The number of carbonyl (C=O) groups is 4. The monoisotopic (exact) mass is 551 g/mol. The third-order valence-electron chi connectivity index (χ3n) is 5.38. The van der Waals surface area contributed by atoms with E-state index in [0.29, 0.717) is 5.06 Å². The van der Waals surface area contributed by atoms with Crippen LogP contribution in [0, 0.1) is 0 Å². The number of hydrazine groups is 1. The lowest BCUT2D eigenvalue weighted by Crippen LogP contribution is -2.50. The van der Waals surface area contributed by atoms with Crippen molar-refractivity contribution in [2.45, 2.75) is 83.8 Å². The highest BCUT2D eigenvalue weighted by Gasteiger charge is 2.50. The number of ether oxygens (including phenoxy) is 2. The standard InChI is InChI=1S/C20H33N5O11S/c1-19(2,3)33-17(28)23-10-13(11-24(23)18(29)34-20(4,5)6)35-21-15(26)14-8-7-12-9-22(14)16(27)25(12)36-37(30,31)32/h12-14H,7-11H2,1-6H3,(H,21,26)(H,30,31,32)/t12?,14-/m0/s1. The molecule has 0 aromatic carbocycles. The molecule has 210 valence electrons. The Bertz CT molecular complexity index is 1000. The molecule has 2 N–H and O–H groups in total. The highest BCUT2D eigenvalue weighted by atomic mass is 32.3. The van der Waals surface area contributed by atoms with Crippen LogP contribution in [0.2, 0.25) is 0 Å². The van der Waals surface area contributed by atoms with E-state index in [1.165, 1.54) is 0 Å². The minimum Gasteiger partial charge on any atom is -0.442 e. The van der Waals surface area contributed by atoms with Crippen molar-refractivity contribution in [1.29, 1.82) is 0 Å². The number of piperidine rings is 1. The van der Waals surface area contributed by atoms with E-state index < -0.39 is 63.9 Å². The molecule has 0 radical (unpaired) electrons. The van der Waals surface area contributed by atoms with Crippen molar-refractivity contribution in [2.24, 2.45) is 0 Å². The highest BCUT2D eigenvalue weighted by Crippen LogP contribution is 2.31. The van der Waals surface area contributed by atoms with Gasteiger partial charge in [-0.2, -0.15) is 13.5 Å². The molecule has 0 aromatic heterocycles. The zero-order valence-electron chi connectivity index (χ0n) is 21.5. The second kappa shape index (κ2) is 10.1. The normalized spacial score (nSPS) is 22.9. The Morgan fingerprint density at radius 1 is 0.919 bits per heavy atom. The van der Waals surface area contributed by atoms with Gasteiger partial charge in [0, 0.05) is 6.54 Å². The summed E-state index contributed by atoms with van der Waals surface area (Å²) in [5, 5.41) is 2.57. The van der Waals surface area contributed by atoms with E-state index in [2.05, 4.69) is 9.76 Å². The average molecular weight is 552 g/mol. The number of nitrogens with zero attached hydrogens (tertiary/aromatic N) is 4. The van der Waals surface area contributed by atoms with E-state index in [1.807, 2.05) is 0 Å². The van der Waals surface area contributed by atoms with Gasteiger partial charge in [0.15, 0.2) is 0 Å². The number of urea groups is 1. The van der Waals surface area contributed by atoms with E-state index in [-0.39, 0.29) is 32.5 Å². The minimum atomic E-state index is -4.92. The second-order valence-corrected chi connectivity index (χ2v) is 11.8. The smallest absolute Gasteiger partial charge is 0.429 e. The van der Waals surface area contributed by atoms with Gasteiger partial charge in [0.1, 0.15) is 23.3 Å². The van der Waals surface area contributed by atoms with Crippen LogP contribution in [-0.2, 0) is 33.8 Å². The molecule has 0 saturated carbocycles. The Balaban J connectivity index is 1.63. The van der Waals surface area contributed by atoms with Gasteiger partial charge in [-0.15, -0.1) is 4.28 Å². The summed E-state index contributed by atoms with van der Waals surface area (Å²) in [6.45, 7) is 9.75. The maximum absolute atomic E-state index is 12.8. The van der Waals surface area contributed by atoms with E-state index in [0.717, 1.165) is 14.9 Å². The van der Waals surface area contributed by atoms with E-state index in [4.69, 9.17) is 18.9 Å². The summed E-state index contributed by atoms with van der Waals surface area (Å²) in [7, 11) is -4.92. The summed E-state index contributed by atoms with van der Waals surface area (Å²) < 4.78 is 46.0. The lowest BCUT2D eigenvalue weighted by atomic mass is 10.0. The summed E-state index contributed by atoms with van der Waals surface area (Å²) in [6, 6.07) is -2.54. The topological polar surface area (TPSA) is 185 Å². The van der Waals surface area contributed by atoms with Crippen molar-refractivity contribution >= 4 is 34.5 Å². The number of amides is 5. The maximum Gasteiger partial charge on any atom is 0.429 e. The molecule has 3 fully saturated rings. The molecule has 3 saturated heterocycles. The van der Waals surface area contributed by atoms with Crippen molar-refractivity contribution in [1.82, 2.24) is 25.5 Å². The van der Waals surface area contributed by atoms with Crippen LogP contribution in [0.15, 0.2) is 0 Å². The average Bonchev–Trinajstić information content (AvgIpc) is 3.25. The van der Waals surface area contributed by atoms with Gasteiger partial charge in [-0.1, -0.05) is 0 Å². The molecule has 1 unspecified atom stereocenters. The van der Waals surface area contributed by atoms with E-state index in [1.54, 1.807) is 41.5 Å². The number of hydrogen-bond donors (Lipinski definition) is 2. The van der Waals surface area contributed by atoms with Gasteiger partial charge in [0.2, 0.25) is 0 Å². The summed E-state index contributed by atoms with van der Waals surface area (Å²) in [4.78, 5) is 57.3. The minimum absolute atomic E-state index is 0.00864. The van der Waals surface area contributed by atoms with Gasteiger partial charge >= 0.3 is 28.6 Å². The molecule has 17 heteroatoms. The fraction of sp³-hybridized carbons (Fsp3) is 0.800. The largest absolute Gasteiger partial charge is 0.442 e. The highest BCUT2D eigenvalue weighted by molar-refractivity contribution is 7.80. The second-order valence-electron chi connectivity index (χ2n) is 10.8. The molecule has 5 amide bonds. The fourth-order valence-corrected chi connectivity index (χ4v) is 4.39. The molecule has 3 heterocycles. The van der Waals surface area contributed by atoms with Crippen molar-refractivity contribution in [3.05, 3.63) is 0 Å². The quantitative estimate of drug-likeness (QED) is 0.364.